The molecule has 108 valence electrons. The van der Waals surface area contributed by atoms with E-state index in [9.17, 15) is 14.4 Å². The lowest BCUT2D eigenvalue weighted by Gasteiger charge is -2.31. The number of carboxylic acid groups (broad SMARTS) is 1. The second kappa shape index (κ2) is 7.73. The molecule has 1 saturated heterocycles. The summed E-state index contributed by atoms with van der Waals surface area (Å²) in [6.07, 6.45) is 1.51. The van der Waals surface area contributed by atoms with Gasteiger partial charge in [-0.3, -0.25) is 9.59 Å². The van der Waals surface area contributed by atoms with E-state index >= 15 is 0 Å². The molecule has 0 saturated carbocycles. The maximum absolute atomic E-state index is 11.8. The van der Waals surface area contributed by atoms with E-state index in [1.807, 2.05) is 0 Å². The second-order valence-corrected chi connectivity index (χ2v) is 4.52. The summed E-state index contributed by atoms with van der Waals surface area (Å²) in [6.45, 7) is 2.62. The van der Waals surface area contributed by atoms with Gasteiger partial charge in [0.2, 0.25) is 11.8 Å². The number of hydrogen-bond acceptors (Lipinski definition) is 4. The molecule has 19 heavy (non-hydrogen) atoms. The molecule has 1 heterocycles. The van der Waals surface area contributed by atoms with E-state index in [1.165, 1.54) is 6.92 Å². The predicted molar refractivity (Wildman–Crippen MR) is 66.5 cm³/mol. The number of nitrogens with one attached hydrogen (secondary N) is 1. The molecule has 2 N–H and O–H groups in total. The number of rotatable bonds is 6. The standard InChI is InChI=1S/C12H20N2O5/c1-9(15)13-5-2-11(16)14-6-3-10(4-7-14)19-8-12(17)18/h10H,2-8H2,1H3,(H,13,15)(H,17,18). The first-order chi connectivity index (χ1) is 8.99. The van der Waals surface area contributed by atoms with E-state index < -0.39 is 5.97 Å². The van der Waals surface area contributed by atoms with Crippen molar-refractivity contribution in [3.63, 3.8) is 0 Å². The summed E-state index contributed by atoms with van der Waals surface area (Å²) in [7, 11) is 0. The molecule has 7 heteroatoms. The van der Waals surface area contributed by atoms with Crippen molar-refractivity contribution >= 4 is 17.8 Å². The zero-order valence-electron chi connectivity index (χ0n) is 11.1. The molecule has 1 fully saturated rings. The number of likely N-dealkylation sites (tertiary alicyclic amines) is 1. The zero-order chi connectivity index (χ0) is 14.3. The Labute approximate surface area is 111 Å². The highest BCUT2D eigenvalue weighted by atomic mass is 16.5. The third kappa shape index (κ3) is 6.19. The Hall–Kier alpha value is -1.63. The van der Waals surface area contributed by atoms with Crippen molar-refractivity contribution in [1.29, 1.82) is 0 Å². The molecular weight excluding hydrogens is 252 g/mol. The number of hydrogen-bond donors (Lipinski definition) is 2. The van der Waals surface area contributed by atoms with Gasteiger partial charge in [-0.2, -0.15) is 0 Å². The van der Waals surface area contributed by atoms with E-state index in [2.05, 4.69) is 5.32 Å². The molecule has 1 aliphatic heterocycles. The molecule has 0 aliphatic carbocycles. The first-order valence-electron chi connectivity index (χ1n) is 6.34. The molecule has 0 aromatic heterocycles. The number of ether oxygens (including phenoxy) is 1. The van der Waals surface area contributed by atoms with Crippen LogP contribution in [0.3, 0.4) is 0 Å². The Balaban J connectivity index is 2.19. The van der Waals surface area contributed by atoms with Crippen molar-refractivity contribution < 1.29 is 24.2 Å². The minimum absolute atomic E-state index is 0.00503. The van der Waals surface area contributed by atoms with Crippen LogP contribution in [0.4, 0.5) is 0 Å². The molecule has 0 aromatic carbocycles. The quantitative estimate of drug-likeness (QED) is 0.686. The first-order valence-corrected chi connectivity index (χ1v) is 6.34. The average Bonchev–Trinajstić information content (AvgIpc) is 2.36. The van der Waals surface area contributed by atoms with Crippen LogP contribution < -0.4 is 5.32 Å². The normalized spacial score (nSPS) is 16.2. The maximum Gasteiger partial charge on any atom is 0.329 e. The predicted octanol–water partition coefficient (Wildman–Crippen LogP) is -0.395. The van der Waals surface area contributed by atoms with Crippen LogP contribution in [-0.4, -0.2) is 60.1 Å². The molecule has 0 radical (unpaired) electrons. The fourth-order valence-electron chi connectivity index (χ4n) is 1.96. The Bertz CT molecular complexity index is 337. The zero-order valence-corrected chi connectivity index (χ0v) is 11.1. The molecule has 7 nitrogen and oxygen atoms in total. The lowest BCUT2D eigenvalue weighted by Crippen LogP contribution is -2.42. The average molecular weight is 272 g/mol. The molecule has 2 amide bonds. The fraction of sp³-hybridized carbons (Fsp3) is 0.750. The van der Waals surface area contributed by atoms with Gasteiger partial charge in [-0.1, -0.05) is 0 Å². The first kappa shape index (κ1) is 15.4. The van der Waals surface area contributed by atoms with Crippen LogP contribution in [0.2, 0.25) is 0 Å². The Morgan fingerprint density at radius 1 is 1.32 bits per heavy atom. The van der Waals surface area contributed by atoms with Crippen molar-refractivity contribution in [3.05, 3.63) is 0 Å². The summed E-state index contributed by atoms with van der Waals surface area (Å²) in [4.78, 5) is 34.6. The van der Waals surface area contributed by atoms with Gasteiger partial charge in [-0.15, -0.1) is 0 Å². The van der Waals surface area contributed by atoms with E-state index in [1.54, 1.807) is 4.90 Å². The molecule has 0 unspecified atom stereocenters. The Morgan fingerprint density at radius 3 is 2.47 bits per heavy atom. The van der Waals surface area contributed by atoms with Crippen LogP contribution >= 0.6 is 0 Å². The van der Waals surface area contributed by atoms with E-state index in [0.717, 1.165) is 0 Å². The number of amides is 2. The third-order valence-corrected chi connectivity index (χ3v) is 2.95. The highest BCUT2D eigenvalue weighted by molar-refractivity contribution is 5.78. The van der Waals surface area contributed by atoms with Gasteiger partial charge >= 0.3 is 5.97 Å². The van der Waals surface area contributed by atoms with Gasteiger partial charge in [0.1, 0.15) is 6.61 Å². The van der Waals surface area contributed by atoms with Crippen molar-refractivity contribution in [2.75, 3.05) is 26.2 Å². The van der Waals surface area contributed by atoms with Crippen LogP contribution in [0.1, 0.15) is 26.2 Å². The Morgan fingerprint density at radius 2 is 1.95 bits per heavy atom. The molecule has 0 atom stereocenters. The SMILES string of the molecule is CC(=O)NCCC(=O)N1CCC(OCC(=O)O)CC1. The topological polar surface area (TPSA) is 95.9 Å². The van der Waals surface area contributed by atoms with Crippen molar-refractivity contribution in [3.8, 4) is 0 Å². The summed E-state index contributed by atoms with van der Waals surface area (Å²) in [5.41, 5.74) is 0. The lowest BCUT2D eigenvalue weighted by atomic mass is 10.1. The van der Waals surface area contributed by atoms with E-state index in [4.69, 9.17) is 9.84 Å². The van der Waals surface area contributed by atoms with Crippen LogP contribution in [0, 0.1) is 0 Å². The number of carbonyl (C=O) groups is 3. The molecule has 1 rings (SSSR count). The number of carboxylic acids is 1. The number of aliphatic carboxylic acids is 1. The van der Waals surface area contributed by atoms with E-state index in [0.29, 0.717) is 38.9 Å². The molecule has 0 aromatic rings. The van der Waals surface area contributed by atoms with Gasteiger partial charge in [-0.05, 0) is 12.8 Å². The molecular formula is C12H20N2O5. The van der Waals surface area contributed by atoms with Gasteiger partial charge < -0.3 is 20.1 Å². The van der Waals surface area contributed by atoms with Crippen molar-refractivity contribution in [2.45, 2.75) is 32.3 Å². The third-order valence-electron chi connectivity index (χ3n) is 2.95. The molecule has 0 spiro atoms. The van der Waals surface area contributed by atoms with Crippen LogP contribution in [0.15, 0.2) is 0 Å². The minimum atomic E-state index is -0.978. The largest absolute Gasteiger partial charge is 0.480 e. The Kier molecular flexibility index (Phi) is 6.27. The van der Waals surface area contributed by atoms with Gasteiger partial charge in [0, 0.05) is 33.0 Å². The van der Waals surface area contributed by atoms with Gasteiger partial charge in [0.15, 0.2) is 0 Å². The highest BCUT2D eigenvalue weighted by Gasteiger charge is 2.23. The van der Waals surface area contributed by atoms with E-state index in [-0.39, 0.29) is 24.5 Å². The van der Waals surface area contributed by atoms with Crippen LogP contribution in [0.5, 0.6) is 0 Å². The lowest BCUT2D eigenvalue weighted by molar-refractivity contribution is -0.146. The fourth-order valence-corrected chi connectivity index (χ4v) is 1.96. The summed E-state index contributed by atoms with van der Waals surface area (Å²) < 4.78 is 5.19. The van der Waals surface area contributed by atoms with Crippen LogP contribution in [0.25, 0.3) is 0 Å². The highest BCUT2D eigenvalue weighted by Crippen LogP contribution is 2.14. The maximum atomic E-state index is 11.8. The second-order valence-electron chi connectivity index (χ2n) is 4.52. The van der Waals surface area contributed by atoms with Gasteiger partial charge in [-0.25, -0.2) is 4.79 Å². The van der Waals surface area contributed by atoms with Crippen LogP contribution in [-0.2, 0) is 19.1 Å². The summed E-state index contributed by atoms with van der Waals surface area (Å²) >= 11 is 0. The van der Waals surface area contributed by atoms with Crippen molar-refractivity contribution in [1.82, 2.24) is 10.2 Å². The minimum Gasteiger partial charge on any atom is -0.480 e. The molecule has 1 aliphatic rings. The summed E-state index contributed by atoms with van der Waals surface area (Å²) in [5, 5.41) is 11.1. The summed E-state index contributed by atoms with van der Waals surface area (Å²) in [5.74, 6) is -1.12. The van der Waals surface area contributed by atoms with Gasteiger partial charge in [0.25, 0.3) is 0 Å². The summed E-state index contributed by atoms with van der Waals surface area (Å²) in [6, 6.07) is 0. The molecule has 0 bridgehead atoms. The number of nitrogens with zero attached hydrogens (tertiary/aromatic N) is 1. The monoisotopic (exact) mass is 272 g/mol. The number of carbonyl (C=O) groups excluding carboxylic acids is 2. The smallest absolute Gasteiger partial charge is 0.329 e. The van der Waals surface area contributed by atoms with Crippen molar-refractivity contribution in [2.24, 2.45) is 0 Å². The van der Waals surface area contributed by atoms with Gasteiger partial charge in [0.05, 0.1) is 6.10 Å². The number of piperidine rings is 1.